The molecule has 0 saturated carbocycles. The molecule has 11 rings (SSSR count). The Balaban J connectivity index is 1.19. The first-order valence-electron chi connectivity index (χ1n) is 20.3. The summed E-state index contributed by atoms with van der Waals surface area (Å²) in [5.74, 6) is 0. The molecule has 8 aromatic carbocycles. The molecule has 0 atom stereocenters. The Kier molecular flexibility index (Phi) is 8.10. The van der Waals surface area contributed by atoms with Gasteiger partial charge in [0.15, 0.2) is 0 Å². The molecule has 278 valence electrons. The monoisotopic (exact) mass is 762 g/mol. The van der Waals surface area contributed by atoms with Crippen LogP contribution in [0.4, 0.5) is 34.1 Å². The molecule has 0 N–H and O–H groups in total. The summed E-state index contributed by atoms with van der Waals surface area (Å²) in [5.41, 5.74) is 20.8. The van der Waals surface area contributed by atoms with Crippen LogP contribution in [0, 0.1) is 0 Å². The van der Waals surface area contributed by atoms with Gasteiger partial charge in [-0.2, -0.15) is 0 Å². The first-order valence-corrected chi connectivity index (χ1v) is 21.1. The number of benzene rings is 8. The van der Waals surface area contributed by atoms with Crippen molar-refractivity contribution in [3.05, 3.63) is 222 Å². The molecule has 0 saturated heterocycles. The summed E-state index contributed by atoms with van der Waals surface area (Å²) in [4.78, 5) is 7.39. The van der Waals surface area contributed by atoms with Gasteiger partial charge in [-0.3, -0.25) is 0 Å². The molecule has 3 heteroatoms. The summed E-state index contributed by atoms with van der Waals surface area (Å²) >= 11 is 1.85. The van der Waals surface area contributed by atoms with Crippen LogP contribution in [0.15, 0.2) is 198 Å². The molecule has 0 fully saturated rings. The quantitative estimate of drug-likeness (QED) is 0.167. The van der Waals surface area contributed by atoms with Crippen molar-refractivity contribution in [1.82, 2.24) is 0 Å². The van der Waals surface area contributed by atoms with Crippen LogP contribution in [0.1, 0.15) is 47.2 Å². The standard InChI is InChI=1S/C55H42N2S/c1-36-43-22-13-15-28-52(43)58-54-47(36)34-42(57(40-20-8-5-9-21-40)50-27-16-26-49-53(50)46-24-12-14-25-48(46)55(49,2)3)35-51(54)56(39-18-6-4-7-19-39)41-31-32-45-38(33-41)30-29-37-17-10-11-23-44(37)45/h4-28,31-35H,1,29-30H2,2-3H3. The highest BCUT2D eigenvalue weighted by Crippen LogP contribution is 2.57. The van der Waals surface area contributed by atoms with Crippen LogP contribution in [0.5, 0.6) is 0 Å². The number of para-hydroxylation sites is 2. The number of anilines is 6. The highest BCUT2D eigenvalue weighted by Gasteiger charge is 2.38. The number of hydrogen-bond acceptors (Lipinski definition) is 3. The van der Waals surface area contributed by atoms with Gasteiger partial charge in [0.05, 0.1) is 11.4 Å². The zero-order chi connectivity index (χ0) is 39.0. The van der Waals surface area contributed by atoms with Crippen LogP contribution >= 0.6 is 11.8 Å². The summed E-state index contributed by atoms with van der Waals surface area (Å²) in [5, 5.41) is 0. The van der Waals surface area contributed by atoms with Crippen molar-refractivity contribution in [2.45, 2.75) is 41.9 Å². The van der Waals surface area contributed by atoms with E-state index in [4.69, 9.17) is 6.58 Å². The van der Waals surface area contributed by atoms with Gasteiger partial charge >= 0.3 is 0 Å². The van der Waals surface area contributed by atoms with E-state index in [9.17, 15) is 0 Å². The number of fused-ring (bicyclic) bond motifs is 8. The molecule has 1 aliphatic heterocycles. The normalized spacial score (nSPS) is 14.0. The molecule has 0 aromatic heterocycles. The number of hydrogen-bond donors (Lipinski definition) is 0. The molecule has 2 nitrogen and oxygen atoms in total. The van der Waals surface area contributed by atoms with Crippen LogP contribution in [0.25, 0.3) is 27.8 Å². The first kappa shape index (κ1) is 34.7. The Bertz CT molecular complexity index is 2930. The maximum Gasteiger partial charge on any atom is 0.0628 e. The summed E-state index contributed by atoms with van der Waals surface area (Å²) in [6.45, 7) is 9.54. The van der Waals surface area contributed by atoms with Gasteiger partial charge in [0.2, 0.25) is 0 Å². The lowest BCUT2D eigenvalue weighted by atomic mass is 9.82. The fourth-order valence-electron chi connectivity index (χ4n) is 9.67. The van der Waals surface area contributed by atoms with E-state index in [1.54, 1.807) is 0 Å². The third-order valence-electron chi connectivity index (χ3n) is 12.5. The second kappa shape index (κ2) is 13.5. The zero-order valence-electron chi connectivity index (χ0n) is 32.7. The van der Waals surface area contributed by atoms with Crippen molar-refractivity contribution >= 4 is 51.5 Å². The van der Waals surface area contributed by atoms with E-state index in [-0.39, 0.29) is 5.41 Å². The van der Waals surface area contributed by atoms with E-state index in [0.717, 1.165) is 52.4 Å². The minimum absolute atomic E-state index is 0.128. The molecule has 2 aliphatic carbocycles. The molecule has 0 radical (unpaired) electrons. The van der Waals surface area contributed by atoms with Crippen molar-refractivity contribution in [3.8, 4) is 22.3 Å². The predicted octanol–water partition coefficient (Wildman–Crippen LogP) is 15.2. The number of rotatable bonds is 6. The van der Waals surface area contributed by atoms with Gasteiger partial charge in [0.1, 0.15) is 0 Å². The second-order valence-corrected chi connectivity index (χ2v) is 17.2. The number of aryl methyl sites for hydroxylation is 2. The largest absolute Gasteiger partial charge is 0.310 e. The molecule has 0 unspecified atom stereocenters. The van der Waals surface area contributed by atoms with Crippen LogP contribution in [0.2, 0.25) is 0 Å². The van der Waals surface area contributed by atoms with Crippen molar-refractivity contribution < 1.29 is 0 Å². The Morgan fingerprint density at radius 3 is 1.83 bits per heavy atom. The van der Waals surface area contributed by atoms with Crippen LogP contribution in [-0.4, -0.2) is 0 Å². The third-order valence-corrected chi connectivity index (χ3v) is 13.7. The second-order valence-electron chi connectivity index (χ2n) is 16.1. The van der Waals surface area contributed by atoms with Gasteiger partial charge in [-0.25, -0.2) is 0 Å². The lowest BCUT2D eigenvalue weighted by Crippen LogP contribution is -2.18. The third kappa shape index (κ3) is 5.41. The van der Waals surface area contributed by atoms with E-state index in [1.807, 2.05) is 11.8 Å². The molecule has 58 heavy (non-hydrogen) atoms. The Morgan fingerprint density at radius 1 is 0.448 bits per heavy atom. The van der Waals surface area contributed by atoms with E-state index in [2.05, 4.69) is 206 Å². The van der Waals surface area contributed by atoms with Gasteiger partial charge < -0.3 is 9.80 Å². The van der Waals surface area contributed by atoms with E-state index < -0.39 is 0 Å². The summed E-state index contributed by atoms with van der Waals surface area (Å²) in [7, 11) is 0. The van der Waals surface area contributed by atoms with Crippen LogP contribution in [-0.2, 0) is 18.3 Å². The predicted molar refractivity (Wildman–Crippen MR) is 245 cm³/mol. The van der Waals surface area contributed by atoms with E-state index in [1.165, 1.54) is 65.5 Å². The zero-order valence-corrected chi connectivity index (χ0v) is 33.6. The van der Waals surface area contributed by atoms with E-state index >= 15 is 0 Å². The highest BCUT2D eigenvalue weighted by molar-refractivity contribution is 7.99. The summed E-state index contributed by atoms with van der Waals surface area (Å²) < 4.78 is 0. The van der Waals surface area contributed by atoms with Crippen LogP contribution in [0.3, 0.4) is 0 Å². The van der Waals surface area contributed by atoms with Crippen molar-refractivity contribution in [2.24, 2.45) is 0 Å². The molecule has 0 amide bonds. The fourth-order valence-corrected chi connectivity index (χ4v) is 10.9. The summed E-state index contributed by atoms with van der Waals surface area (Å²) in [6.07, 6.45) is 2.06. The molecular formula is C55H42N2S. The van der Waals surface area contributed by atoms with Crippen molar-refractivity contribution in [3.63, 3.8) is 0 Å². The average Bonchev–Trinajstić information content (AvgIpc) is 3.51. The van der Waals surface area contributed by atoms with Gasteiger partial charge in [-0.15, -0.1) is 0 Å². The van der Waals surface area contributed by atoms with E-state index in [0.29, 0.717) is 0 Å². The molecular weight excluding hydrogens is 721 g/mol. The lowest BCUT2D eigenvalue weighted by Gasteiger charge is -2.35. The van der Waals surface area contributed by atoms with Crippen molar-refractivity contribution in [1.29, 1.82) is 0 Å². The molecule has 0 spiro atoms. The van der Waals surface area contributed by atoms with Crippen LogP contribution < -0.4 is 9.80 Å². The van der Waals surface area contributed by atoms with Gasteiger partial charge in [-0.05, 0) is 129 Å². The smallest absolute Gasteiger partial charge is 0.0628 e. The lowest BCUT2D eigenvalue weighted by molar-refractivity contribution is 0.660. The Hall–Kier alpha value is -6.55. The number of nitrogens with zero attached hydrogens (tertiary/aromatic N) is 2. The Morgan fingerprint density at radius 2 is 1.05 bits per heavy atom. The molecule has 1 heterocycles. The molecule has 0 bridgehead atoms. The van der Waals surface area contributed by atoms with Gasteiger partial charge in [-0.1, -0.05) is 154 Å². The van der Waals surface area contributed by atoms with Gasteiger partial charge in [0, 0.05) is 43.5 Å². The minimum atomic E-state index is -0.128. The van der Waals surface area contributed by atoms with Crippen molar-refractivity contribution in [2.75, 3.05) is 9.80 Å². The average molecular weight is 763 g/mol. The topological polar surface area (TPSA) is 6.48 Å². The van der Waals surface area contributed by atoms with Gasteiger partial charge in [0.25, 0.3) is 0 Å². The SMILES string of the molecule is C=C1c2ccccc2Sc2c1cc(N(c1ccccc1)c1cccc3c1-c1ccccc1C3(C)C)cc2N(c1ccccc1)c1ccc2c(c1)CCc1ccccc1-2. The summed E-state index contributed by atoms with van der Waals surface area (Å²) in [6, 6.07) is 67.1. The molecule has 3 aliphatic rings. The fraction of sp³-hybridized carbons (Fsp3) is 0.0909. The first-order chi connectivity index (χ1) is 28.5. The Labute approximate surface area is 345 Å². The maximum atomic E-state index is 4.82. The highest BCUT2D eigenvalue weighted by atomic mass is 32.2. The minimum Gasteiger partial charge on any atom is -0.310 e. The maximum absolute atomic E-state index is 4.82. The molecule has 8 aromatic rings.